The van der Waals surface area contributed by atoms with Crippen molar-refractivity contribution < 1.29 is 4.74 Å². The molecule has 0 saturated carbocycles. The topological polar surface area (TPSA) is 21.3 Å². The third-order valence-electron chi connectivity index (χ3n) is 3.91. The summed E-state index contributed by atoms with van der Waals surface area (Å²) in [6, 6.07) is 11.9. The highest BCUT2D eigenvalue weighted by molar-refractivity contribution is 5.19. The Labute approximate surface area is 123 Å². The van der Waals surface area contributed by atoms with Crippen LogP contribution in [0.15, 0.2) is 30.3 Å². The summed E-state index contributed by atoms with van der Waals surface area (Å²) >= 11 is 0. The van der Waals surface area contributed by atoms with Crippen molar-refractivity contribution in [3.63, 3.8) is 0 Å². The lowest BCUT2D eigenvalue weighted by molar-refractivity contribution is 0.142. The standard InChI is InChI=1S/C18H29NO/c1-18(2,3)14-17(15-8-5-4-6-9-15)19-16-10-7-12-20-13-11-16/h4-6,8-9,16-17,19H,7,10-14H2,1-3H3. The highest BCUT2D eigenvalue weighted by Crippen LogP contribution is 2.30. The van der Waals surface area contributed by atoms with Gasteiger partial charge in [-0.25, -0.2) is 0 Å². The summed E-state index contributed by atoms with van der Waals surface area (Å²) in [5, 5.41) is 3.89. The molecule has 112 valence electrons. The Bertz CT molecular complexity index is 374. The molecule has 1 aliphatic rings. The predicted octanol–water partition coefficient (Wildman–Crippen LogP) is 4.32. The van der Waals surface area contributed by atoms with Crippen LogP contribution in [0.1, 0.15) is 58.1 Å². The average molecular weight is 275 g/mol. The van der Waals surface area contributed by atoms with Gasteiger partial charge in [-0.15, -0.1) is 0 Å². The lowest BCUT2D eigenvalue weighted by Crippen LogP contribution is -2.35. The van der Waals surface area contributed by atoms with Gasteiger partial charge in [0.2, 0.25) is 0 Å². The minimum Gasteiger partial charge on any atom is -0.381 e. The van der Waals surface area contributed by atoms with E-state index in [9.17, 15) is 0 Å². The third kappa shape index (κ3) is 5.26. The normalized spacial score (nSPS) is 22.2. The molecule has 0 amide bonds. The van der Waals surface area contributed by atoms with Gasteiger partial charge in [0.25, 0.3) is 0 Å². The maximum Gasteiger partial charge on any atom is 0.0480 e. The molecule has 0 aromatic heterocycles. The van der Waals surface area contributed by atoms with Crippen LogP contribution in [0.25, 0.3) is 0 Å². The van der Waals surface area contributed by atoms with Gasteiger partial charge in [0.1, 0.15) is 0 Å². The van der Waals surface area contributed by atoms with Gasteiger partial charge >= 0.3 is 0 Å². The first-order valence-corrected chi connectivity index (χ1v) is 7.93. The minimum absolute atomic E-state index is 0.328. The Hall–Kier alpha value is -0.860. The summed E-state index contributed by atoms with van der Waals surface area (Å²) in [6.45, 7) is 8.78. The second-order valence-corrected chi connectivity index (χ2v) is 7.13. The SMILES string of the molecule is CC(C)(C)CC(NC1CCCOCC1)c1ccccc1. The molecule has 2 unspecified atom stereocenters. The molecule has 0 spiro atoms. The molecule has 1 N–H and O–H groups in total. The van der Waals surface area contributed by atoms with E-state index in [0.29, 0.717) is 17.5 Å². The van der Waals surface area contributed by atoms with Crippen molar-refractivity contribution in [1.29, 1.82) is 0 Å². The van der Waals surface area contributed by atoms with Crippen molar-refractivity contribution in [3.05, 3.63) is 35.9 Å². The molecule has 0 aliphatic carbocycles. The van der Waals surface area contributed by atoms with E-state index in [1.807, 2.05) is 0 Å². The molecule has 1 aliphatic heterocycles. The van der Waals surface area contributed by atoms with Gasteiger partial charge in [0.15, 0.2) is 0 Å². The lowest BCUT2D eigenvalue weighted by Gasteiger charge is -2.30. The molecule has 0 bridgehead atoms. The summed E-state index contributed by atoms with van der Waals surface area (Å²) in [4.78, 5) is 0. The minimum atomic E-state index is 0.328. The zero-order valence-corrected chi connectivity index (χ0v) is 13.2. The number of hydrogen-bond acceptors (Lipinski definition) is 2. The molecule has 1 heterocycles. The molecule has 2 heteroatoms. The first-order chi connectivity index (χ1) is 9.54. The van der Waals surface area contributed by atoms with E-state index in [0.717, 1.165) is 26.1 Å². The second-order valence-electron chi connectivity index (χ2n) is 7.13. The molecule has 0 radical (unpaired) electrons. The zero-order valence-electron chi connectivity index (χ0n) is 13.2. The maximum absolute atomic E-state index is 5.57. The summed E-state index contributed by atoms with van der Waals surface area (Å²) in [7, 11) is 0. The van der Waals surface area contributed by atoms with Gasteiger partial charge in [0.05, 0.1) is 0 Å². The van der Waals surface area contributed by atoms with Crippen molar-refractivity contribution in [2.24, 2.45) is 5.41 Å². The number of nitrogens with one attached hydrogen (secondary N) is 1. The average Bonchev–Trinajstić information content (AvgIpc) is 2.66. The predicted molar refractivity (Wildman–Crippen MR) is 84.8 cm³/mol. The fraction of sp³-hybridized carbons (Fsp3) is 0.667. The van der Waals surface area contributed by atoms with Gasteiger partial charge in [-0.2, -0.15) is 0 Å². The highest BCUT2D eigenvalue weighted by Gasteiger charge is 2.23. The van der Waals surface area contributed by atoms with Crippen LogP contribution in [0.4, 0.5) is 0 Å². The van der Waals surface area contributed by atoms with Crippen molar-refractivity contribution in [1.82, 2.24) is 5.32 Å². The maximum atomic E-state index is 5.57. The molecule has 1 aromatic rings. The Morgan fingerprint density at radius 1 is 1.15 bits per heavy atom. The number of benzene rings is 1. The highest BCUT2D eigenvalue weighted by atomic mass is 16.5. The van der Waals surface area contributed by atoms with Crippen LogP contribution in [0, 0.1) is 5.41 Å². The first-order valence-electron chi connectivity index (χ1n) is 7.93. The first kappa shape index (κ1) is 15.5. The van der Waals surface area contributed by atoms with E-state index in [1.54, 1.807) is 0 Å². The number of ether oxygens (including phenoxy) is 1. The van der Waals surface area contributed by atoms with Crippen LogP contribution in [0.3, 0.4) is 0 Å². The number of hydrogen-bond donors (Lipinski definition) is 1. The van der Waals surface area contributed by atoms with Crippen LogP contribution in [0.5, 0.6) is 0 Å². The molecule has 20 heavy (non-hydrogen) atoms. The van der Waals surface area contributed by atoms with E-state index in [1.165, 1.54) is 18.4 Å². The van der Waals surface area contributed by atoms with Crippen LogP contribution in [-0.4, -0.2) is 19.3 Å². The van der Waals surface area contributed by atoms with Crippen molar-refractivity contribution in [2.45, 2.75) is 58.5 Å². The second kappa shape index (κ2) is 7.24. The zero-order chi connectivity index (χ0) is 14.4. The molecular weight excluding hydrogens is 246 g/mol. The quantitative estimate of drug-likeness (QED) is 0.883. The van der Waals surface area contributed by atoms with Crippen LogP contribution in [-0.2, 0) is 4.74 Å². The van der Waals surface area contributed by atoms with Gasteiger partial charge in [-0.1, -0.05) is 51.1 Å². The molecule has 2 rings (SSSR count). The summed E-state index contributed by atoms with van der Waals surface area (Å²) in [5.41, 5.74) is 1.74. The van der Waals surface area contributed by atoms with E-state index in [-0.39, 0.29) is 0 Å². The molecule has 2 nitrogen and oxygen atoms in total. The third-order valence-corrected chi connectivity index (χ3v) is 3.91. The van der Waals surface area contributed by atoms with Crippen LogP contribution < -0.4 is 5.32 Å². The van der Waals surface area contributed by atoms with Crippen LogP contribution in [0.2, 0.25) is 0 Å². The van der Waals surface area contributed by atoms with Crippen LogP contribution >= 0.6 is 0 Å². The van der Waals surface area contributed by atoms with E-state index in [4.69, 9.17) is 4.74 Å². The van der Waals surface area contributed by atoms with Crippen molar-refractivity contribution in [3.8, 4) is 0 Å². The van der Waals surface area contributed by atoms with Gasteiger partial charge in [0, 0.05) is 25.3 Å². The lowest BCUT2D eigenvalue weighted by atomic mass is 9.85. The molecular formula is C18H29NO. The van der Waals surface area contributed by atoms with Crippen molar-refractivity contribution in [2.75, 3.05) is 13.2 Å². The molecule has 1 saturated heterocycles. The molecule has 1 aromatic carbocycles. The Balaban J connectivity index is 2.05. The Kier molecular flexibility index (Phi) is 5.62. The van der Waals surface area contributed by atoms with E-state index >= 15 is 0 Å². The van der Waals surface area contributed by atoms with Gasteiger partial charge in [-0.3, -0.25) is 0 Å². The summed E-state index contributed by atoms with van der Waals surface area (Å²) in [6.07, 6.45) is 4.70. The Morgan fingerprint density at radius 3 is 2.60 bits per heavy atom. The summed E-state index contributed by atoms with van der Waals surface area (Å²) in [5.74, 6) is 0. The summed E-state index contributed by atoms with van der Waals surface area (Å²) < 4.78 is 5.57. The smallest absolute Gasteiger partial charge is 0.0480 e. The Morgan fingerprint density at radius 2 is 1.90 bits per heavy atom. The fourth-order valence-corrected chi connectivity index (χ4v) is 2.93. The van der Waals surface area contributed by atoms with Gasteiger partial charge in [-0.05, 0) is 36.7 Å². The van der Waals surface area contributed by atoms with E-state index < -0.39 is 0 Å². The largest absolute Gasteiger partial charge is 0.381 e. The number of rotatable bonds is 4. The molecule has 2 atom stereocenters. The monoisotopic (exact) mass is 275 g/mol. The fourth-order valence-electron chi connectivity index (χ4n) is 2.93. The van der Waals surface area contributed by atoms with E-state index in [2.05, 4.69) is 56.4 Å². The van der Waals surface area contributed by atoms with Crippen molar-refractivity contribution >= 4 is 0 Å². The van der Waals surface area contributed by atoms with Gasteiger partial charge < -0.3 is 10.1 Å². The molecule has 1 fully saturated rings.